The lowest BCUT2D eigenvalue weighted by molar-refractivity contribution is 0.0526. The Bertz CT molecular complexity index is 821. The number of pyridine rings is 1. The molecule has 29 heavy (non-hydrogen) atoms. The molecule has 1 saturated heterocycles. The lowest BCUT2D eigenvalue weighted by atomic mass is 9.98. The maximum Gasteiger partial charge on any atom is 0.339 e. The summed E-state index contributed by atoms with van der Waals surface area (Å²) in [7, 11) is 0. The third-order valence-corrected chi connectivity index (χ3v) is 4.96. The van der Waals surface area contributed by atoms with E-state index in [9.17, 15) is 9.59 Å². The summed E-state index contributed by atoms with van der Waals surface area (Å²) in [5, 5.41) is 5.83. The van der Waals surface area contributed by atoms with Crippen molar-refractivity contribution in [1.82, 2.24) is 10.3 Å². The minimum atomic E-state index is -0.355. The number of carbonyl (C=O) groups excluding carboxylic acids is 2. The topological polar surface area (TPSA) is 83.6 Å². The first-order chi connectivity index (χ1) is 14.0. The Morgan fingerprint density at radius 2 is 2.00 bits per heavy atom. The molecule has 7 nitrogen and oxygen atoms in total. The van der Waals surface area contributed by atoms with Gasteiger partial charge in [-0.25, -0.2) is 14.6 Å². The number of piperidine rings is 1. The quantitative estimate of drug-likeness (QED) is 0.729. The molecule has 1 atom stereocenters. The summed E-state index contributed by atoms with van der Waals surface area (Å²) < 4.78 is 4.99. The summed E-state index contributed by atoms with van der Waals surface area (Å²) in [6.07, 6.45) is 3.65. The Kier molecular flexibility index (Phi) is 7.05. The molecule has 2 N–H and O–H groups in total. The lowest BCUT2D eigenvalue weighted by Gasteiger charge is -2.33. The second-order valence-corrected chi connectivity index (χ2v) is 7.28. The number of carbonyl (C=O) groups is 2. The normalized spacial score (nSPS) is 16.2. The number of esters is 1. The number of nitrogens with zero attached hydrogens (tertiary/aromatic N) is 2. The number of benzene rings is 1. The average molecular weight is 396 g/mol. The molecule has 2 heterocycles. The van der Waals surface area contributed by atoms with Gasteiger partial charge < -0.3 is 20.3 Å². The van der Waals surface area contributed by atoms with Gasteiger partial charge in [-0.1, -0.05) is 17.7 Å². The third kappa shape index (κ3) is 5.94. The molecule has 1 unspecified atom stereocenters. The van der Waals surface area contributed by atoms with Gasteiger partial charge in [-0.05, 0) is 56.9 Å². The summed E-state index contributed by atoms with van der Waals surface area (Å²) in [6.45, 7) is 6.48. The highest BCUT2D eigenvalue weighted by molar-refractivity contribution is 5.89. The van der Waals surface area contributed by atoms with Crippen LogP contribution in [0.25, 0.3) is 0 Å². The highest BCUT2D eigenvalue weighted by atomic mass is 16.5. The van der Waals surface area contributed by atoms with Gasteiger partial charge in [0.05, 0.1) is 12.2 Å². The summed E-state index contributed by atoms with van der Waals surface area (Å²) in [4.78, 5) is 30.5. The number of ether oxygens (including phenoxy) is 1. The van der Waals surface area contributed by atoms with Gasteiger partial charge in [0.1, 0.15) is 5.82 Å². The van der Waals surface area contributed by atoms with Crippen LogP contribution >= 0.6 is 0 Å². The number of hydrogen-bond donors (Lipinski definition) is 2. The maximum atomic E-state index is 12.2. The predicted octanol–water partition coefficient (Wildman–Crippen LogP) is 3.60. The Hall–Kier alpha value is -3.09. The number of anilines is 2. The molecule has 1 aliphatic rings. The van der Waals surface area contributed by atoms with E-state index in [1.807, 2.05) is 37.3 Å². The van der Waals surface area contributed by atoms with Gasteiger partial charge in [-0.2, -0.15) is 0 Å². The molecule has 0 aliphatic carbocycles. The van der Waals surface area contributed by atoms with Gasteiger partial charge >= 0.3 is 12.0 Å². The van der Waals surface area contributed by atoms with E-state index >= 15 is 0 Å². The molecule has 0 radical (unpaired) electrons. The average Bonchev–Trinajstić information content (AvgIpc) is 2.74. The third-order valence-electron chi connectivity index (χ3n) is 4.96. The first-order valence-electron chi connectivity index (χ1n) is 10.0. The molecule has 1 aromatic carbocycles. The van der Waals surface area contributed by atoms with Gasteiger partial charge in [-0.15, -0.1) is 0 Å². The minimum absolute atomic E-state index is 0.192. The van der Waals surface area contributed by atoms with Crippen molar-refractivity contribution in [1.29, 1.82) is 0 Å². The van der Waals surface area contributed by atoms with Crippen LogP contribution in [0.1, 0.15) is 35.7 Å². The molecule has 0 saturated carbocycles. The highest BCUT2D eigenvalue weighted by Gasteiger charge is 2.21. The summed E-state index contributed by atoms with van der Waals surface area (Å²) in [5.74, 6) is 0.831. The SMILES string of the molecule is CCOC(=O)c1ccc(N2CCCC(CNC(=O)Nc3ccc(C)cc3)C2)nc1. The van der Waals surface area contributed by atoms with E-state index in [4.69, 9.17) is 4.74 Å². The Morgan fingerprint density at radius 3 is 2.69 bits per heavy atom. The Balaban J connectivity index is 1.49. The lowest BCUT2D eigenvalue weighted by Crippen LogP contribution is -2.42. The van der Waals surface area contributed by atoms with Crippen molar-refractivity contribution >= 4 is 23.5 Å². The summed E-state index contributed by atoms with van der Waals surface area (Å²) in [5.41, 5.74) is 2.39. The van der Waals surface area contributed by atoms with Gasteiger partial charge in [0.15, 0.2) is 0 Å². The molecule has 2 amide bonds. The van der Waals surface area contributed by atoms with E-state index in [0.717, 1.165) is 43.0 Å². The van der Waals surface area contributed by atoms with Gasteiger partial charge in [0.25, 0.3) is 0 Å². The van der Waals surface area contributed by atoms with Crippen LogP contribution in [-0.4, -0.2) is 43.2 Å². The van der Waals surface area contributed by atoms with Crippen LogP contribution in [0.15, 0.2) is 42.6 Å². The van der Waals surface area contributed by atoms with Gasteiger partial charge in [0.2, 0.25) is 0 Å². The summed E-state index contributed by atoms with van der Waals surface area (Å²) in [6, 6.07) is 11.1. The molecule has 1 aliphatic heterocycles. The number of aryl methyl sites for hydroxylation is 1. The zero-order valence-electron chi connectivity index (χ0n) is 17.0. The van der Waals surface area contributed by atoms with Crippen molar-refractivity contribution < 1.29 is 14.3 Å². The number of nitrogens with one attached hydrogen (secondary N) is 2. The smallest absolute Gasteiger partial charge is 0.339 e. The van der Waals surface area contributed by atoms with Gasteiger partial charge in [0, 0.05) is 31.5 Å². The van der Waals surface area contributed by atoms with Crippen LogP contribution in [0.2, 0.25) is 0 Å². The molecular weight excluding hydrogens is 368 g/mol. The van der Waals surface area contributed by atoms with E-state index in [2.05, 4.69) is 20.5 Å². The van der Waals surface area contributed by atoms with Crippen molar-refractivity contribution in [3.8, 4) is 0 Å². The van der Waals surface area contributed by atoms with Crippen LogP contribution < -0.4 is 15.5 Å². The first-order valence-corrected chi connectivity index (χ1v) is 10.0. The predicted molar refractivity (Wildman–Crippen MR) is 113 cm³/mol. The second-order valence-electron chi connectivity index (χ2n) is 7.28. The zero-order valence-corrected chi connectivity index (χ0v) is 17.0. The van der Waals surface area contributed by atoms with Crippen molar-refractivity contribution in [3.05, 3.63) is 53.7 Å². The van der Waals surface area contributed by atoms with E-state index in [0.29, 0.717) is 24.6 Å². The number of rotatable bonds is 6. The van der Waals surface area contributed by atoms with Gasteiger partial charge in [-0.3, -0.25) is 0 Å². The van der Waals surface area contributed by atoms with Crippen LogP contribution in [0.4, 0.5) is 16.3 Å². The Labute approximate surface area is 171 Å². The van der Waals surface area contributed by atoms with Crippen molar-refractivity contribution in [2.75, 3.05) is 36.5 Å². The number of urea groups is 1. The fourth-order valence-electron chi connectivity index (χ4n) is 3.40. The highest BCUT2D eigenvalue weighted by Crippen LogP contribution is 2.21. The standard InChI is InChI=1S/C22H28N4O3/c1-3-29-21(27)18-8-11-20(23-14-18)26-12-4-5-17(15-26)13-24-22(28)25-19-9-6-16(2)7-10-19/h6-11,14,17H,3-5,12-13,15H2,1-2H3,(H2,24,25,28). The van der Waals surface area contributed by atoms with Crippen LogP contribution in [-0.2, 0) is 4.74 Å². The van der Waals surface area contributed by atoms with E-state index in [1.165, 1.54) is 0 Å². The molecule has 154 valence electrons. The minimum Gasteiger partial charge on any atom is -0.462 e. The monoisotopic (exact) mass is 396 g/mol. The van der Waals surface area contributed by atoms with Crippen LogP contribution in [0, 0.1) is 12.8 Å². The van der Waals surface area contributed by atoms with E-state index in [-0.39, 0.29) is 12.0 Å². The summed E-state index contributed by atoms with van der Waals surface area (Å²) >= 11 is 0. The Morgan fingerprint density at radius 1 is 1.21 bits per heavy atom. The molecule has 7 heteroatoms. The molecular formula is C22H28N4O3. The number of aromatic nitrogens is 1. The fraction of sp³-hybridized carbons (Fsp3) is 0.409. The zero-order chi connectivity index (χ0) is 20.6. The first kappa shape index (κ1) is 20.6. The van der Waals surface area contributed by atoms with Crippen molar-refractivity contribution in [2.24, 2.45) is 5.92 Å². The van der Waals surface area contributed by atoms with Crippen LogP contribution in [0.5, 0.6) is 0 Å². The van der Waals surface area contributed by atoms with Crippen molar-refractivity contribution in [2.45, 2.75) is 26.7 Å². The molecule has 1 fully saturated rings. The molecule has 2 aromatic rings. The molecule has 0 spiro atoms. The second kappa shape index (κ2) is 9.91. The molecule has 3 rings (SSSR count). The van der Waals surface area contributed by atoms with E-state index < -0.39 is 0 Å². The van der Waals surface area contributed by atoms with Crippen molar-refractivity contribution in [3.63, 3.8) is 0 Å². The number of hydrogen-bond acceptors (Lipinski definition) is 5. The van der Waals surface area contributed by atoms with Crippen LogP contribution in [0.3, 0.4) is 0 Å². The fourth-order valence-corrected chi connectivity index (χ4v) is 3.40. The molecule has 0 bridgehead atoms. The largest absolute Gasteiger partial charge is 0.462 e. The maximum absolute atomic E-state index is 12.2. The number of amides is 2. The van der Waals surface area contributed by atoms with E-state index in [1.54, 1.807) is 19.2 Å². The molecule has 1 aromatic heterocycles.